The van der Waals surface area contributed by atoms with Gasteiger partial charge >= 0.3 is 0 Å². The van der Waals surface area contributed by atoms with Crippen LogP contribution >= 0.6 is 15.9 Å². The molecule has 5 nitrogen and oxygen atoms in total. The molecule has 0 aliphatic rings. The Kier molecular flexibility index (Phi) is 4.96. The summed E-state index contributed by atoms with van der Waals surface area (Å²) in [5.41, 5.74) is 6.10. The van der Waals surface area contributed by atoms with Gasteiger partial charge in [-0.25, -0.2) is 0 Å². The third-order valence-electron chi connectivity index (χ3n) is 2.29. The zero-order valence-corrected chi connectivity index (χ0v) is 10.9. The number of amides is 1. The van der Waals surface area contributed by atoms with Crippen molar-refractivity contribution in [2.24, 2.45) is 16.8 Å². The molecule has 0 radical (unpaired) electrons. The molecule has 0 heterocycles. The van der Waals surface area contributed by atoms with Crippen molar-refractivity contribution in [1.82, 2.24) is 0 Å². The number of amidine groups is 1. The lowest BCUT2D eigenvalue weighted by Crippen LogP contribution is -2.34. The number of benzene rings is 1. The van der Waals surface area contributed by atoms with Crippen molar-refractivity contribution in [3.8, 4) is 0 Å². The van der Waals surface area contributed by atoms with Crippen LogP contribution in [0, 0.1) is 5.92 Å². The van der Waals surface area contributed by atoms with Crippen molar-refractivity contribution in [3.05, 3.63) is 28.7 Å². The van der Waals surface area contributed by atoms with E-state index in [4.69, 9.17) is 10.9 Å². The summed E-state index contributed by atoms with van der Waals surface area (Å²) in [4.78, 5) is 11.9. The van der Waals surface area contributed by atoms with Gasteiger partial charge in [0.1, 0.15) is 0 Å². The Balaban J connectivity index is 2.78. The summed E-state index contributed by atoms with van der Waals surface area (Å²) >= 11 is 3.31. The first kappa shape index (κ1) is 13.5. The minimum atomic E-state index is -0.626. The summed E-state index contributed by atoms with van der Waals surface area (Å²) in [6.07, 6.45) is 0.468. The van der Waals surface area contributed by atoms with Gasteiger partial charge in [-0.3, -0.25) is 4.79 Å². The van der Waals surface area contributed by atoms with E-state index in [9.17, 15) is 4.79 Å². The largest absolute Gasteiger partial charge is 0.409 e. The van der Waals surface area contributed by atoms with Gasteiger partial charge in [-0.1, -0.05) is 34.1 Å². The molecule has 0 saturated heterocycles. The highest BCUT2D eigenvalue weighted by Crippen LogP contribution is 2.17. The standard InChI is InChI=1S/C11H14BrN3O2/c1-2-9(10(13)15-17)11(16)14-8-5-3-4-7(12)6-8/h3-6,9,17H,2H2,1H3,(H2,13,15)(H,14,16). The number of nitrogens with zero attached hydrogens (tertiary/aromatic N) is 1. The smallest absolute Gasteiger partial charge is 0.235 e. The molecular formula is C11H14BrN3O2. The maximum absolute atomic E-state index is 11.9. The van der Waals surface area contributed by atoms with Crippen molar-refractivity contribution >= 4 is 33.4 Å². The second-order valence-corrected chi connectivity index (χ2v) is 4.40. The topological polar surface area (TPSA) is 87.7 Å². The monoisotopic (exact) mass is 299 g/mol. The lowest BCUT2D eigenvalue weighted by Gasteiger charge is -2.13. The lowest BCUT2D eigenvalue weighted by molar-refractivity contribution is -0.118. The molecule has 1 amide bonds. The van der Waals surface area contributed by atoms with Gasteiger partial charge in [0.15, 0.2) is 5.84 Å². The minimum absolute atomic E-state index is 0.0833. The van der Waals surface area contributed by atoms with Gasteiger partial charge in [0.2, 0.25) is 5.91 Å². The van der Waals surface area contributed by atoms with Crippen molar-refractivity contribution in [3.63, 3.8) is 0 Å². The number of anilines is 1. The maximum atomic E-state index is 11.9. The Morgan fingerprint density at radius 2 is 2.35 bits per heavy atom. The van der Waals surface area contributed by atoms with E-state index in [2.05, 4.69) is 26.4 Å². The van der Waals surface area contributed by atoms with E-state index < -0.39 is 5.92 Å². The molecule has 0 fully saturated rings. The third-order valence-corrected chi connectivity index (χ3v) is 2.78. The molecule has 1 unspecified atom stereocenters. The highest BCUT2D eigenvalue weighted by Gasteiger charge is 2.21. The van der Waals surface area contributed by atoms with Gasteiger partial charge in [0.05, 0.1) is 5.92 Å². The first-order valence-electron chi connectivity index (χ1n) is 5.12. The van der Waals surface area contributed by atoms with Crippen LogP contribution in [-0.2, 0) is 4.79 Å². The molecular weight excluding hydrogens is 286 g/mol. The fourth-order valence-corrected chi connectivity index (χ4v) is 1.79. The number of halogens is 1. The highest BCUT2D eigenvalue weighted by molar-refractivity contribution is 9.10. The van der Waals surface area contributed by atoms with E-state index >= 15 is 0 Å². The lowest BCUT2D eigenvalue weighted by atomic mass is 10.0. The Morgan fingerprint density at radius 1 is 1.65 bits per heavy atom. The van der Waals surface area contributed by atoms with E-state index in [0.717, 1.165) is 4.47 Å². The number of nitrogens with one attached hydrogen (secondary N) is 1. The molecule has 1 aromatic carbocycles. The number of nitrogens with two attached hydrogens (primary N) is 1. The molecule has 6 heteroatoms. The first-order valence-corrected chi connectivity index (χ1v) is 5.91. The molecule has 0 aliphatic heterocycles. The fraction of sp³-hybridized carbons (Fsp3) is 0.273. The Labute approximate surface area is 108 Å². The van der Waals surface area contributed by atoms with Crippen molar-refractivity contribution in [1.29, 1.82) is 0 Å². The highest BCUT2D eigenvalue weighted by atomic mass is 79.9. The number of hydrogen-bond donors (Lipinski definition) is 3. The van der Waals surface area contributed by atoms with E-state index in [1.807, 2.05) is 12.1 Å². The van der Waals surface area contributed by atoms with E-state index in [0.29, 0.717) is 12.1 Å². The van der Waals surface area contributed by atoms with Crippen LogP contribution in [0.15, 0.2) is 33.9 Å². The average molecular weight is 300 g/mol. The van der Waals surface area contributed by atoms with E-state index in [-0.39, 0.29) is 11.7 Å². The quantitative estimate of drug-likeness (QED) is 0.344. The van der Waals surface area contributed by atoms with Crippen molar-refractivity contribution < 1.29 is 10.0 Å². The Bertz CT molecular complexity index is 434. The molecule has 4 N–H and O–H groups in total. The predicted molar refractivity (Wildman–Crippen MR) is 70.0 cm³/mol. The Hall–Kier alpha value is -1.56. The SMILES string of the molecule is CCC(C(=O)Nc1cccc(Br)c1)/C(N)=N/O. The molecule has 0 saturated carbocycles. The summed E-state index contributed by atoms with van der Waals surface area (Å²) in [6.45, 7) is 1.79. The summed E-state index contributed by atoms with van der Waals surface area (Å²) in [7, 11) is 0. The zero-order valence-electron chi connectivity index (χ0n) is 9.35. The molecule has 1 aromatic rings. The van der Waals surface area contributed by atoms with Crippen LogP contribution in [0.1, 0.15) is 13.3 Å². The minimum Gasteiger partial charge on any atom is -0.409 e. The van der Waals surface area contributed by atoms with Crippen molar-refractivity contribution in [2.45, 2.75) is 13.3 Å². The molecule has 92 valence electrons. The van der Waals surface area contributed by atoms with Gasteiger partial charge in [0, 0.05) is 10.2 Å². The normalized spacial score (nSPS) is 13.2. The number of hydrogen-bond acceptors (Lipinski definition) is 3. The third kappa shape index (κ3) is 3.74. The summed E-state index contributed by atoms with van der Waals surface area (Å²) in [6, 6.07) is 7.21. The number of rotatable bonds is 4. The molecule has 17 heavy (non-hydrogen) atoms. The van der Waals surface area contributed by atoms with Crippen LogP contribution in [0.25, 0.3) is 0 Å². The van der Waals surface area contributed by atoms with Crippen LogP contribution in [0.2, 0.25) is 0 Å². The molecule has 0 aliphatic carbocycles. The van der Waals surface area contributed by atoms with Gasteiger partial charge in [-0.15, -0.1) is 0 Å². The number of carbonyl (C=O) groups is 1. The summed E-state index contributed by atoms with van der Waals surface area (Å²) in [5, 5.41) is 14.1. The van der Waals surface area contributed by atoms with E-state index in [1.165, 1.54) is 0 Å². The summed E-state index contributed by atoms with van der Waals surface area (Å²) in [5.74, 6) is -1.00. The fourth-order valence-electron chi connectivity index (χ4n) is 1.39. The second kappa shape index (κ2) is 6.24. The Morgan fingerprint density at radius 3 is 2.88 bits per heavy atom. The number of oxime groups is 1. The molecule has 1 atom stereocenters. The van der Waals surface area contributed by atoms with Crippen LogP contribution in [0.5, 0.6) is 0 Å². The van der Waals surface area contributed by atoms with Crippen LogP contribution < -0.4 is 11.1 Å². The second-order valence-electron chi connectivity index (χ2n) is 3.49. The molecule has 1 rings (SSSR count). The summed E-state index contributed by atoms with van der Waals surface area (Å²) < 4.78 is 0.868. The van der Waals surface area contributed by atoms with Gasteiger partial charge in [0.25, 0.3) is 0 Å². The zero-order chi connectivity index (χ0) is 12.8. The van der Waals surface area contributed by atoms with Crippen LogP contribution in [0.3, 0.4) is 0 Å². The number of carbonyl (C=O) groups excluding carboxylic acids is 1. The first-order chi connectivity index (χ1) is 8.08. The maximum Gasteiger partial charge on any atom is 0.235 e. The van der Waals surface area contributed by atoms with Crippen LogP contribution in [0.4, 0.5) is 5.69 Å². The molecule has 0 bridgehead atoms. The molecule has 0 aromatic heterocycles. The predicted octanol–water partition coefficient (Wildman–Crippen LogP) is 2.16. The van der Waals surface area contributed by atoms with Crippen molar-refractivity contribution in [2.75, 3.05) is 5.32 Å². The van der Waals surface area contributed by atoms with Gasteiger partial charge in [-0.05, 0) is 24.6 Å². The van der Waals surface area contributed by atoms with Gasteiger partial charge in [-0.2, -0.15) is 0 Å². The average Bonchev–Trinajstić information content (AvgIpc) is 2.29. The van der Waals surface area contributed by atoms with Crippen LogP contribution in [-0.4, -0.2) is 17.0 Å². The molecule has 0 spiro atoms. The van der Waals surface area contributed by atoms with Gasteiger partial charge < -0.3 is 16.3 Å². The van der Waals surface area contributed by atoms with E-state index in [1.54, 1.807) is 19.1 Å².